The van der Waals surface area contributed by atoms with E-state index >= 15 is 0 Å². The predicted molar refractivity (Wildman–Crippen MR) is 100 cm³/mol. The molecule has 0 bridgehead atoms. The van der Waals surface area contributed by atoms with Gasteiger partial charge < -0.3 is 10.2 Å². The Morgan fingerprint density at radius 1 is 1.12 bits per heavy atom. The molecule has 6 nitrogen and oxygen atoms in total. The molecule has 1 saturated heterocycles. The van der Waals surface area contributed by atoms with Gasteiger partial charge >= 0.3 is 6.03 Å². The van der Waals surface area contributed by atoms with Crippen molar-refractivity contribution in [3.05, 3.63) is 35.9 Å². The molecule has 1 aromatic rings. The van der Waals surface area contributed by atoms with Crippen LogP contribution in [-0.4, -0.2) is 46.3 Å². The Morgan fingerprint density at radius 2 is 1.65 bits per heavy atom. The number of nitrogens with zero attached hydrogens (tertiary/aromatic N) is 2. The van der Waals surface area contributed by atoms with E-state index in [1.54, 1.807) is 24.0 Å². The Labute approximate surface area is 155 Å². The van der Waals surface area contributed by atoms with Crippen molar-refractivity contribution in [2.24, 2.45) is 0 Å². The second-order valence-corrected chi connectivity index (χ2v) is 7.13. The highest BCUT2D eigenvalue weighted by Crippen LogP contribution is 2.28. The van der Waals surface area contributed by atoms with Gasteiger partial charge in [0.15, 0.2) is 0 Å². The normalized spacial score (nSPS) is 22.1. The first-order chi connectivity index (χ1) is 12.3. The van der Waals surface area contributed by atoms with Crippen molar-refractivity contribution in [2.45, 2.75) is 65.1 Å². The topological polar surface area (TPSA) is 69.7 Å². The number of rotatable bonds is 7. The molecule has 1 heterocycles. The predicted octanol–water partition coefficient (Wildman–Crippen LogP) is 2.88. The van der Waals surface area contributed by atoms with Gasteiger partial charge in [-0.3, -0.25) is 14.5 Å². The molecule has 1 aliphatic rings. The van der Waals surface area contributed by atoms with Crippen molar-refractivity contribution in [2.75, 3.05) is 6.54 Å². The lowest BCUT2D eigenvalue weighted by Crippen LogP contribution is -2.50. The van der Waals surface area contributed by atoms with Crippen molar-refractivity contribution in [3.63, 3.8) is 0 Å². The number of carbonyl (C=O) groups excluding carboxylic acids is 3. The SMILES string of the molecule is CCC(C)N(C(=O)CN1C(=O)NC(C)(c2ccccc2)C1=O)C(C)CC. The van der Waals surface area contributed by atoms with Crippen LogP contribution in [0.15, 0.2) is 30.3 Å². The minimum Gasteiger partial charge on any atom is -0.336 e. The molecule has 1 aliphatic heterocycles. The minimum absolute atomic E-state index is 0.0544. The summed E-state index contributed by atoms with van der Waals surface area (Å²) in [7, 11) is 0. The molecule has 1 fully saturated rings. The smallest absolute Gasteiger partial charge is 0.325 e. The molecule has 142 valence electrons. The maximum Gasteiger partial charge on any atom is 0.325 e. The summed E-state index contributed by atoms with van der Waals surface area (Å²) < 4.78 is 0. The lowest BCUT2D eigenvalue weighted by molar-refractivity contribution is -0.141. The molecule has 2 rings (SSSR count). The average molecular weight is 359 g/mol. The number of imide groups is 1. The van der Waals surface area contributed by atoms with E-state index in [1.165, 1.54) is 0 Å². The summed E-state index contributed by atoms with van der Waals surface area (Å²) in [6, 6.07) is 8.68. The summed E-state index contributed by atoms with van der Waals surface area (Å²) in [5.41, 5.74) is -0.440. The molecule has 0 spiro atoms. The molecule has 0 aliphatic carbocycles. The van der Waals surface area contributed by atoms with Crippen LogP contribution in [0.3, 0.4) is 0 Å². The van der Waals surface area contributed by atoms with Gasteiger partial charge in [0.25, 0.3) is 5.91 Å². The van der Waals surface area contributed by atoms with Gasteiger partial charge in [0.1, 0.15) is 12.1 Å². The third kappa shape index (κ3) is 3.59. The first-order valence-electron chi connectivity index (χ1n) is 9.27. The Hall–Kier alpha value is -2.37. The fraction of sp³-hybridized carbons (Fsp3) is 0.550. The Balaban J connectivity index is 2.22. The first kappa shape index (κ1) is 19.9. The third-order valence-corrected chi connectivity index (χ3v) is 5.34. The molecule has 3 atom stereocenters. The summed E-state index contributed by atoms with van der Waals surface area (Å²) >= 11 is 0. The Bertz CT molecular complexity index is 666. The highest BCUT2D eigenvalue weighted by Gasteiger charge is 2.49. The van der Waals surface area contributed by atoms with Gasteiger partial charge in [-0.05, 0) is 39.2 Å². The van der Waals surface area contributed by atoms with Gasteiger partial charge in [0, 0.05) is 12.1 Å². The third-order valence-electron chi connectivity index (χ3n) is 5.34. The molecule has 0 radical (unpaired) electrons. The van der Waals surface area contributed by atoms with E-state index in [0.717, 1.165) is 17.7 Å². The summed E-state index contributed by atoms with van der Waals surface area (Å²) in [5, 5.41) is 2.74. The lowest BCUT2D eigenvalue weighted by atomic mass is 9.92. The maximum absolute atomic E-state index is 12.9. The van der Waals surface area contributed by atoms with Gasteiger partial charge in [-0.25, -0.2) is 4.79 Å². The van der Waals surface area contributed by atoms with Crippen molar-refractivity contribution in [1.82, 2.24) is 15.1 Å². The van der Waals surface area contributed by atoms with E-state index < -0.39 is 17.5 Å². The molecule has 1 aromatic carbocycles. The largest absolute Gasteiger partial charge is 0.336 e. The van der Waals surface area contributed by atoms with Crippen LogP contribution in [0.2, 0.25) is 0 Å². The van der Waals surface area contributed by atoms with E-state index in [9.17, 15) is 14.4 Å². The molecular weight excluding hydrogens is 330 g/mol. The zero-order valence-electron chi connectivity index (χ0n) is 16.3. The zero-order valence-corrected chi connectivity index (χ0v) is 16.3. The highest BCUT2D eigenvalue weighted by molar-refractivity contribution is 6.09. The number of amides is 4. The molecule has 4 amide bonds. The summed E-state index contributed by atoms with van der Waals surface area (Å²) in [5.74, 6) is -0.593. The second-order valence-electron chi connectivity index (χ2n) is 7.13. The molecule has 1 N–H and O–H groups in total. The van der Waals surface area contributed by atoms with Crippen LogP contribution >= 0.6 is 0 Å². The summed E-state index contributed by atoms with van der Waals surface area (Å²) in [4.78, 5) is 41.1. The van der Waals surface area contributed by atoms with E-state index in [2.05, 4.69) is 5.32 Å². The van der Waals surface area contributed by atoms with Crippen molar-refractivity contribution in [3.8, 4) is 0 Å². The van der Waals surface area contributed by atoms with Crippen LogP contribution in [0, 0.1) is 0 Å². The molecule has 3 unspecified atom stereocenters. The molecular formula is C20H29N3O3. The number of nitrogens with one attached hydrogen (secondary N) is 1. The summed E-state index contributed by atoms with van der Waals surface area (Å²) in [6.45, 7) is 9.46. The van der Waals surface area contributed by atoms with Gasteiger partial charge in [0.05, 0.1) is 0 Å². The number of urea groups is 1. The van der Waals surface area contributed by atoms with Crippen LogP contribution in [0.5, 0.6) is 0 Å². The molecule has 6 heteroatoms. The second kappa shape index (κ2) is 7.89. The van der Waals surface area contributed by atoms with Crippen molar-refractivity contribution >= 4 is 17.8 Å². The van der Waals surface area contributed by atoms with Gasteiger partial charge in [-0.2, -0.15) is 0 Å². The van der Waals surface area contributed by atoms with Crippen LogP contribution in [-0.2, 0) is 15.1 Å². The Morgan fingerprint density at radius 3 is 2.15 bits per heavy atom. The van der Waals surface area contributed by atoms with E-state index in [0.29, 0.717) is 5.56 Å². The van der Waals surface area contributed by atoms with Crippen molar-refractivity contribution < 1.29 is 14.4 Å². The van der Waals surface area contributed by atoms with Gasteiger partial charge in [-0.1, -0.05) is 44.2 Å². The summed E-state index contributed by atoms with van der Waals surface area (Å²) in [6.07, 6.45) is 1.63. The van der Waals surface area contributed by atoms with Crippen molar-refractivity contribution in [1.29, 1.82) is 0 Å². The highest BCUT2D eigenvalue weighted by atomic mass is 16.2. The maximum atomic E-state index is 12.9. The van der Waals surface area contributed by atoms with Crippen LogP contribution in [0.1, 0.15) is 53.0 Å². The number of hydrogen-bond acceptors (Lipinski definition) is 3. The monoisotopic (exact) mass is 359 g/mol. The molecule has 0 aromatic heterocycles. The quantitative estimate of drug-likeness (QED) is 0.761. The van der Waals surface area contributed by atoms with Crippen LogP contribution < -0.4 is 5.32 Å². The molecule has 26 heavy (non-hydrogen) atoms. The molecule has 0 saturated carbocycles. The standard InChI is InChI=1S/C20H29N3O3/c1-6-14(3)23(15(4)7-2)17(24)13-22-18(25)20(5,21-19(22)26)16-11-9-8-10-12-16/h8-12,14-15H,6-7,13H2,1-5H3,(H,21,26). The van der Waals surface area contributed by atoms with Gasteiger partial charge in [-0.15, -0.1) is 0 Å². The Kier molecular flexibility index (Phi) is 6.05. The van der Waals surface area contributed by atoms with E-state index in [-0.39, 0.29) is 24.5 Å². The zero-order chi connectivity index (χ0) is 19.5. The van der Waals surface area contributed by atoms with Crippen LogP contribution in [0.4, 0.5) is 4.79 Å². The van der Waals surface area contributed by atoms with Crippen LogP contribution in [0.25, 0.3) is 0 Å². The van der Waals surface area contributed by atoms with Gasteiger partial charge in [0.2, 0.25) is 5.91 Å². The van der Waals surface area contributed by atoms with E-state index in [4.69, 9.17) is 0 Å². The lowest BCUT2D eigenvalue weighted by Gasteiger charge is -2.35. The number of carbonyl (C=O) groups is 3. The van der Waals surface area contributed by atoms with E-state index in [1.807, 2.05) is 45.9 Å². The first-order valence-corrected chi connectivity index (χ1v) is 9.27. The fourth-order valence-electron chi connectivity index (χ4n) is 3.34. The number of benzene rings is 1. The fourth-order valence-corrected chi connectivity index (χ4v) is 3.34. The number of hydrogen-bond donors (Lipinski definition) is 1. The average Bonchev–Trinajstić information content (AvgIpc) is 2.86. The minimum atomic E-state index is -1.14.